The predicted octanol–water partition coefficient (Wildman–Crippen LogP) is 6.14. The van der Waals surface area contributed by atoms with Gasteiger partial charge in [0.25, 0.3) is 0 Å². The fraction of sp³-hybridized carbons (Fsp3) is 0. The Morgan fingerprint density at radius 2 is 1.26 bits per heavy atom. The van der Waals surface area contributed by atoms with Crippen LogP contribution in [0.3, 0.4) is 0 Å². The van der Waals surface area contributed by atoms with E-state index in [1.54, 1.807) is 6.07 Å². The molecule has 4 heteroatoms. The van der Waals surface area contributed by atoms with Crippen molar-refractivity contribution >= 4 is 37.7 Å². The monoisotopic (exact) mass is 415 g/mol. The molecule has 2 heterocycles. The van der Waals surface area contributed by atoms with Crippen molar-refractivity contribution in [3.8, 4) is 5.75 Å². The number of hydrogen-bond acceptors (Lipinski definition) is 1. The number of aromatic nitrogens is 2. The number of hydrogen-bond donors (Lipinski definition) is 3. The van der Waals surface area contributed by atoms with E-state index in [2.05, 4.69) is 50.2 Å². The molecule has 0 fully saturated rings. The molecule has 3 nitrogen and oxygen atoms in total. The number of benzene rings is 3. The summed E-state index contributed by atoms with van der Waals surface area (Å²) in [5, 5.41) is 13.0. The zero-order valence-corrected chi connectivity index (χ0v) is 15.9. The van der Waals surface area contributed by atoms with Crippen LogP contribution < -0.4 is 0 Å². The molecule has 0 bridgehead atoms. The summed E-state index contributed by atoms with van der Waals surface area (Å²) in [5.41, 5.74) is 5.07. The van der Waals surface area contributed by atoms with Crippen molar-refractivity contribution in [1.82, 2.24) is 9.97 Å². The molecule has 0 saturated heterocycles. The van der Waals surface area contributed by atoms with Crippen LogP contribution in [-0.2, 0) is 0 Å². The highest BCUT2D eigenvalue weighted by Crippen LogP contribution is 2.42. The number of phenols is 1. The third kappa shape index (κ3) is 2.61. The number of phenolic OH excluding ortho intramolecular Hbond substituents is 1. The van der Waals surface area contributed by atoms with Crippen LogP contribution in [0.15, 0.2) is 83.6 Å². The second-order valence-corrected chi connectivity index (χ2v) is 7.45. The van der Waals surface area contributed by atoms with Gasteiger partial charge in [-0.3, -0.25) is 0 Å². The number of aromatic amines is 2. The van der Waals surface area contributed by atoms with E-state index in [9.17, 15) is 5.11 Å². The second-order valence-electron chi connectivity index (χ2n) is 6.53. The first-order chi connectivity index (χ1) is 13.2. The molecule has 3 aromatic carbocycles. The average molecular weight is 416 g/mol. The standard InChI is InChI=1S/C23H15BrN2O/c24-14-9-10-17(22(27)11-14)23(18-12-25-20-7-3-1-5-15(18)20)19-13-26-21-8-4-2-6-16(19)21/h1-13,25-26H/p+1. The van der Waals surface area contributed by atoms with E-state index in [1.165, 1.54) is 0 Å². The summed E-state index contributed by atoms with van der Waals surface area (Å²) in [5.74, 6) is 1.24. The third-order valence-corrected chi connectivity index (χ3v) is 5.44. The SMILES string of the molecule is Oc1cc(Br)ccc1[C+](c1c[nH]c2ccccc12)c1c[nH]c2ccccc12. The van der Waals surface area contributed by atoms with Gasteiger partial charge in [0.2, 0.25) is 0 Å². The first-order valence-electron chi connectivity index (χ1n) is 8.71. The molecule has 0 aliphatic carbocycles. The van der Waals surface area contributed by atoms with Gasteiger partial charge in [-0.25, -0.2) is 0 Å². The molecule has 5 aromatic rings. The summed E-state index contributed by atoms with van der Waals surface area (Å²) >= 11 is 3.44. The molecule has 0 saturated carbocycles. The van der Waals surface area contributed by atoms with Gasteiger partial charge in [0.15, 0.2) is 5.75 Å². The number of halogens is 1. The molecule has 5 rings (SSSR count). The van der Waals surface area contributed by atoms with Gasteiger partial charge in [0, 0.05) is 10.5 Å². The molecule has 130 valence electrons. The molecule has 0 unspecified atom stereocenters. The van der Waals surface area contributed by atoms with Gasteiger partial charge in [-0.2, -0.15) is 0 Å². The highest BCUT2D eigenvalue weighted by molar-refractivity contribution is 9.10. The van der Waals surface area contributed by atoms with Gasteiger partial charge in [-0.15, -0.1) is 0 Å². The van der Waals surface area contributed by atoms with E-state index in [0.29, 0.717) is 0 Å². The first kappa shape index (κ1) is 16.1. The Hall–Kier alpha value is -3.11. The van der Waals surface area contributed by atoms with Gasteiger partial charge < -0.3 is 15.1 Å². The van der Waals surface area contributed by atoms with Crippen LogP contribution in [0.5, 0.6) is 5.75 Å². The Balaban J connectivity index is 1.82. The Bertz CT molecular complexity index is 1190. The van der Waals surface area contributed by atoms with Crippen molar-refractivity contribution in [1.29, 1.82) is 0 Å². The number of nitrogens with one attached hydrogen (secondary N) is 2. The van der Waals surface area contributed by atoms with Gasteiger partial charge >= 0.3 is 0 Å². The number of rotatable bonds is 3. The Labute approximate surface area is 164 Å². The molecule has 3 N–H and O–H groups in total. The van der Waals surface area contributed by atoms with E-state index in [1.807, 2.05) is 48.8 Å². The predicted molar refractivity (Wildman–Crippen MR) is 113 cm³/mol. The quantitative estimate of drug-likeness (QED) is 0.304. The zero-order valence-electron chi connectivity index (χ0n) is 14.3. The van der Waals surface area contributed by atoms with Gasteiger partial charge in [0.05, 0.1) is 56.8 Å². The van der Waals surface area contributed by atoms with Crippen LogP contribution in [-0.4, -0.2) is 15.1 Å². The number of aromatic hydroxyl groups is 1. The largest absolute Gasteiger partial charge is 0.482 e. The van der Waals surface area contributed by atoms with Crippen LogP contribution in [0.2, 0.25) is 0 Å². The molecular weight excluding hydrogens is 400 g/mol. The lowest BCUT2D eigenvalue weighted by Crippen LogP contribution is -2.04. The summed E-state index contributed by atoms with van der Waals surface area (Å²) in [6.45, 7) is 0. The van der Waals surface area contributed by atoms with Crippen LogP contribution >= 0.6 is 15.9 Å². The first-order valence-corrected chi connectivity index (χ1v) is 9.50. The van der Waals surface area contributed by atoms with E-state index >= 15 is 0 Å². The number of fused-ring (bicyclic) bond motifs is 2. The van der Waals surface area contributed by atoms with E-state index in [-0.39, 0.29) is 5.75 Å². The van der Waals surface area contributed by atoms with Crippen LogP contribution in [0, 0.1) is 5.92 Å². The lowest BCUT2D eigenvalue weighted by Gasteiger charge is -2.13. The van der Waals surface area contributed by atoms with Crippen molar-refractivity contribution in [2.24, 2.45) is 0 Å². The van der Waals surface area contributed by atoms with Crippen LogP contribution in [0.4, 0.5) is 0 Å². The van der Waals surface area contributed by atoms with Crippen LogP contribution in [0.25, 0.3) is 21.8 Å². The van der Waals surface area contributed by atoms with E-state index < -0.39 is 0 Å². The van der Waals surface area contributed by atoms with Crippen molar-refractivity contribution < 1.29 is 5.11 Å². The highest BCUT2D eigenvalue weighted by Gasteiger charge is 2.31. The minimum absolute atomic E-state index is 0.245. The Kier molecular flexibility index (Phi) is 3.73. The molecule has 0 radical (unpaired) electrons. The van der Waals surface area contributed by atoms with E-state index in [4.69, 9.17) is 0 Å². The summed E-state index contributed by atoms with van der Waals surface area (Å²) in [7, 11) is 0. The molecular formula is C23H16BrN2O+. The zero-order chi connectivity index (χ0) is 18.4. The molecule has 2 aromatic heterocycles. The molecule has 0 amide bonds. The van der Waals surface area contributed by atoms with Crippen molar-refractivity contribution in [3.63, 3.8) is 0 Å². The Morgan fingerprint density at radius 1 is 0.704 bits per heavy atom. The highest BCUT2D eigenvalue weighted by atomic mass is 79.9. The van der Waals surface area contributed by atoms with Gasteiger partial charge in [0.1, 0.15) is 0 Å². The maximum atomic E-state index is 10.7. The van der Waals surface area contributed by atoms with Crippen molar-refractivity contribution in [3.05, 3.63) is 106 Å². The Morgan fingerprint density at radius 3 is 1.81 bits per heavy atom. The second kappa shape index (κ2) is 6.25. The van der Waals surface area contributed by atoms with Crippen molar-refractivity contribution in [2.75, 3.05) is 0 Å². The number of para-hydroxylation sites is 2. The average Bonchev–Trinajstić information content (AvgIpc) is 3.29. The van der Waals surface area contributed by atoms with Crippen molar-refractivity contribution in [2.45, 2.75) is 0 Å². The molecule has 27 heavy (non-hydrogen) atoms. The lowest BCUT2D eigenvalue weighted by atomic mass is 9.84. The maximum absolute atomic E-state index is 10.7. The summed E-state index contributed by atoms with van der Waals surface area (Å²) in [6.07, 6.45) is 4.03. The van der Waals surface area contributed by atoms with Gasteiger partial charge in [-0.05, 0) is 52.3 Å². The molecule has 0 aliphatic heterocycles. The fourth-order valence-electron chi connectivity index (χ4n) is 3.71. The van der Waals surface area contributed by atoms with Crippen LogP contribution in [0.1, 0.15) is 16.7 Å². The minimum atomic E-state index is 0.245. The molecule has 0 atom stereocenters. The number of H-pyrrole nitrogens is 2. The van der Waals surface area contributed by atoms with E-state index in [0.717, 1.165) is 48.9 Å². The van der Waals surface area contributed by atoms with Gasteiger partial charge in [-0.1, -0.05) is 24.3 Å². The smallest absolute Gasteiger partial charge is 0.170 e. The summed E-state index contributed by atoms with van der Waals surface area (Å²) in [4.78, 5) is 6.71. The normalized spacial score (nSPS) is 11.3. The maximum Gasteiger partial charge on any atom is 0.170 e. The molecule has 0 aliphatic rings. The summed E-state index contributed by atoms with van der Waals surface area (Å²) < 4.78 is 0.848. The summed E-state index contributed by atoms with van der Waals surface area (Å²) in [6, 6.07) is 22.1. The fourth-order valence-corrected chi connectivity index (χ4v) is 4.06. The minimum Gasteiger partial charge on any atom is -0.482 e. The molecule has 0 spiro atoms. The lowest BCUT2D eigenvalue weighted by molar-refractivity contribution is 0.471. The topological polar surface area (TPSA) is 51.8 Å². The third-order valence-electron chi connectivity index (χ3n) is 4.95.